The van der Waals surface area contributed by atoms with E-state index in [1.165, 1.54) is 25.7 Å². The van der Waals surface area contributed by atoms with Crippen LogP contribution >= 0.6 is 7.82 Å². The zero-order valence-electron chi connectivity index (χ0n) is 45.1. The number of phosphoric acid groups is 1. The monoisotopic (exact) mass is 1030 g/mol. The largest absolute Gasteiger partial charge is 0.472 e. The zero-order valence-corrected chi connectivity index (χ0v) is 46.0. The van der Waals surface area contributed by atoms with Gasteiger partial charge in [-0.3, -0.25) is 23.4 Å². The summed E-state index contributed by atoms with van der Waals surface area (Å²) in [6.45, 7) is 4.29. The minimum absolute atomic E-state index is 0.0796. The summed E-state index contributed by atoms with van der Waals surface area (Å²) in [5.74, 6) is -1.58. The predicted octanol–water partition coefficient (Wildman–Crippen LogP) is 16.2. The van der Waals surface area contributed by atoms with E-state index in [0.29, 0.717) is 25.7 Å². The fourth-order valence-corrected chi connectivity index (χ4v) is 7.77. The smallest absolute Gasteiger partial charge is 0.462 e. The summed E-state index contributed by atoms with van der Waals surface area (Å²) in [6, 6.07) is 0. The van der Waals surface area contributed by atoms with E-state index in [1.807, 2.05) is 12.2 Å². The number of hydrogen-bond acceptors (Lipinski definition) is 10. The number of carbonyl (C=O) groups excluding carboxylic acids is 3. The van der Waals surface area contributed by atoms with Gasteiger partial charge in [-0.15, -0.1) is 0 Å². The maximum absolute atomic E-state index is 12.9. The number of rotatable bonds is 50. The molecule has 0 fully saturated rings. The maximum Gasteiger partial charge on any atom is 0.472 e. The second kappa shape index (κ2) is 53.4. The Bertz CT molecular complexity index is 1620. The lowest BCUT2D eigenvalue weighted by Crippen LogP contribution is -2.30. The van der Waals surface area contributed by atoms with Crippen molar-refractivity contribution in [3.05, 3.63) is 109 Å². The van der Waals surface area contributed by atoms with E-state index in [1.54, 1.807) is 0 Å². The number of aliphatic hydroxyl groups is 1. The van der Waals surface area contributed by atoms with Gasteiger partial charge in [0.15, 0.2) is 6.10 Å². The van der Waals surface area contributed by atoms with Crippen LogP contribution in [0.3, 0.4) is 0 Å². The van der Waals surface area contributed by atoms with Crippen molar-refractivity contribution < 1.29 is 52.2 Å². The number of unbranched alkanes of at least 4 members (excludes halogenated alkanes) is 15. The van der Waals surface area contributed by atoms with Crippen LogP contribution in [0.2, 0.25) is 0 Å². The molecule has 0 aliphatic rings. The molecule has 3 atom stereocenters. The molecule has 0 aliphatic heterocycles. The van der Waals surface area contributed by atoms with E-state index < -0.39 is 57.8 Å². The molecule has 0 bridgehead atoms. The van der Waals surface area contributed by atoms with Gasteiger partial charge in [-0.05, 0) is 116 Å². The van der Waals surface area contributed by atoms with Crippen LogP contribution in [-0.4, -0.2) is 66.5 Å². The number of esters is 3. The highest BCUT2D eigenvalue weighted by Gasteiger charge is 2.28. The molecule has 11 nitrogen and oxygen atoms in total. The van der Waals surface area contributed by atoms with Crippen LogP contribution < -0.4 is 0 Å². The summed E-state index contributed by atoms with van der Waals surface area (Å²) < 4.78 is 39.4. The molecule has 410 valence electrons. The van der Waals surface area contributed by atoms with Gasteiger partial charge in [-0.2, -0.15) is 0 Å². The van der Waals surface area contributed by atoms with Crippen molar-refractivity contribution in [3.63, 3.8) is 0 Å². The third-order valence-electron chi connectivity index (χ3n) is 11.2. The molecule has 0 aromatic rings. The summed E-state index contributed by atoms with van der Waals surface area (Å²) in [7, 11) is -4.77. The van der Waals surface area contributed by atoms with Crippen molar-refractivity contribution in [2.45, 2.75) is 226 Å². The molecule has 0 saturated heterocycles. The lowest BCUT2D eigenvalue weighted by Gasteiger charge is -2.21. The van der Waals surface area contributed by atoms with E-state index >= 15 is 0 Å². The summed E-state index contributed by atoms with van der Waals surface area (Å²) in [5.41, 5.74) is 0. The second-order valence-corrected chi connectivity index (χ2v) is 19.4. The SMILES string of the molecule is CC/C=C\C/C=C\C/C=C\C/C=C\C/C=C\CCCC(=O)OC(COC(=O)CCCCCCC/C=C\C/C=C\C/C=C\CC)COP(=O)(O)OCC(CO)OC(=O)CCCCCCC/C=C\CCCCCC. The van der Waals surface area contributed by atoms with Crippen LogP contribution in [0.25, 0.3) is 0 Å². The normalized spacial score (nSPS) is 14.2. The molecule has 0 aromatic heterocycles. The number of carbonyl (C=O) groups is 3. The minimum atomic E-state index is -4.77. The highest BCUT2D eigenvalue weighted by Crippen LogP contribution is 2.43. The van der Waals surface area contributed by atoms with Gasteiger partial charge >= 0.3 is 25.7 Å². The number of hydrogen-bond donors (Lipinski definition) is 2. The quantitative estimate of drug-likeness (QED) is 0.0197. The summed E-state index contributed by atoms with van der Waals surface area (Å²) in [6.07, 6.45) is 63.4. The highest BCUT2D eigenvalue weighted by molar-refractivity contribution is 7.47. The molecule has 3 unspecified atom stereocenters. The van der Waals surface area contributed by atoms with Crippen molar-refractivity contribution in [3.8, 4) is 0 Å². The minimum Gasteiger partial charge on any atom is -0.462 e. The van der Waals surface area contributed by atoms with Crippen molar-refractivity contribution in [2.24, 2.45) is 0 Å². The third-order valence-corrected chi connectivity index (χ3v) is 12.1. The fourth-order valence-electron chi connectivity index (χ4n) is 6.99. The Labute approximate surface area is 437 Å². The first-order chi connectivity index (χ1) is 35.2. The van der Waals surface area contributed by atoms with E-state index in [9.17, 15) is 28.9 Å². The number of allylic oxidation sites excluding steroid dienone is 18. The van der Waals surface area contributed by atoms with Gasteiger partial charge < -0.3 is 24.2 Å². The van der Waals surface area contributed by atoms with Gasteiger partial charge in [-0.1, -0.05) is 188 Å². The second-order valence-electron chi connectivity index (χ2n) is 18.0. The summed E-state index contributed by atoms with van der Waals surface area (Å²) in [4.78, 5) is 48.4. The molecule has 0 aliphatic carbocycles. The molecule has 0 spiro atoms. The Hall–Kier alpha value is -3.86. The van der Waals surface area contributed by atoms with Gasteiger partial charge in [0.2, 0.25) is 0 Å². The van der Waals surface area contributed by atoms with Crippen LogP contribution in [-0.2, 0) is 42.2 Å². The van der Waals surface area contributed by atoms with Crippen LogP contribution in [0.1, 0.15) is 213 Å². The molecule has 0 heterocycles. The lowest BCUT2D eigenvalue weighted by atomic mass is 10.1. The van der Waals surface area contributed by atoms with E-state index in [4.69, 9.17) is 23.3 Å². The predicted molar refractivity (Wildman–Crippen MR) is 297 cm³/mol. The van der Waals surface area contributed by atoms with E-state index in [2.05, 4.69) is 118 Å². The van der Waals surface area contributed by atoms with Gasteiger partial charge in [0.05, 0.1) is 19.8 Å². The Balaban J connectivity index is 4.87. The molecule has 0 radical (unpaired) electrons. The Morgan fingerprint density at radius 3 is 1.18 bits per heavy atom. The topological polar surface area (TPSA) is 155 Å². The summed E-state index contributed by atoms with van der Waals surface area (Å²) >= 11 is 0. The Kier molecular flexibility index (Phi) is 50.6. The maximum atomic E-state index is 12.9. The lowest BCUT2D eigenvalue weighted by molar-refractivity contribution is -0.161. The van der Waals surface area contributed by atoms with Crippen LogP contribution in [0.15, 0.2) is 109 Å². The van der Waals surface area contributed by atoms with Crippen LogP contribution in [0.5, 0.6) is 0 Å². The van der Waals surface area contributed by atoms with Crippen LogP contribution in [0, 0.1) is 0 Å². The number of ether oxygens (including phenoxy) is 3. The van der Waals surface area contributed by atoms with Gasteiger partial charge in [-0.25, -0.2) is 4.57 Å². The first kappa shape index (κ1) is 68.1. The Morgan fingerprint density at radius 2 is 0.736 bits per heavy atom. The molecule has 0 aromatic carbocycles. The van der Waals surface area contributed by atoms with E-state index in [0.717, 1.165) is 122 Å². The van der Waals surface area contributed by atoms with Gasteiger partial charge in [0.25, 0.3) is 0 Å². The number of aliphatic hydroxyl groups excluding tert-OH is 1. The van der Waals surface area contributed by atoms with Crippen molar-refractivity contribution in [1.29, 1.82) is 0 Å². The summed E-state index contributed by atoms with van der Waals surface area (Å²) in [5, 5.41) is 9.79. The molecule has 12 heteroatoms. The molecule has 0 amide bonds. The molecule has 2 N–H and O–H groups in total. The third kappa shape index (κ3) is 51.1. The first-order valence-corrected chi connectivity index (χ1v) is 29.3. The molecular weight excluding hydrogens is 928 g/mol. The van der Waals surface area contributed by atoms with Gasteiger partial charge in [0.1, 0.15) is 12.7 Å². The average molecular weight is 1030 g/mol. The molecule has 72 heavy (non-hydrogen) atoms. The zero-order chi connectivity index (χ0) is 52.7. The standard InChI is InChI=1S/C60H99O11P/c1-4-7-10-13-16-19-22-25-27-28-30-33-36-39-42-45-48-51-60(64)71-57(53-67-58(62)49-46-43-40-37-34-32-29-26-23-20-17-14-11-8-5-2)55-69-72(65,66)68-54-56(52-61)70-59(63)50-47-44-41-38-35-31-24-21-18-15-12-9-6-3/h7-8,10-11,16-17,19-21,24-27,29-30,33,39,42,56-57,61H,4-6,9,12-15,18,22-23,28,31-32,34-38,40-41,43-55H2,1-3H3,(H,65,66)/b10-7-,11-8-,19-16-,20-17-,24-21-,27-25-,29-26-,33-30-,42-39-. The fraction of sp³-hybridized carbons (Fsp3) is 0.650. The highest BCUT2D eigenvalue weighted by atomic mass is 31.2. The number of phosphoric ester groups is 1. The van der Waals surface area contributed by atoms with Crippen molar-refractivity contribution in [1.82, 2.24) is 0 Å². The van der Waals surface area contributed by atoms with Gasteiger partial charge in [0, 0.05) is 19.3 Å². The van der Waals surface area contributed by atoms with E-state index in [-0.39, 0.29) is 25.9 Å². The van der Waals surface area contributed by atoms with Crippen LogP contribution in [0.4, 0.5) is 0 Å². The van der Waals surface area contributed by atoms with Crippen molar-refractivity contribution >= 4 is 25.7 Å². The average Bonchev–Trinajstić information content (AvgIpc) is 3.37. The first-order valence-electron chi connectivity index (χ1n) is 27.8. The Morgan fingerprint density at radius 1 is 0.403 bits per heavy atom. The molecule has 0 saturated carbocycles. The molecule has 0 rings (SSSR count). The van der Waals surface area contributed by atoms with Crippen molar-refractivity contribution in [2.75, 3.05) is 26.4 Å². The molecular formula is C60H99O11P.